The molecule has 126 valence electrons. The second-order valence-electron chi connectivity index (χ2n) is 4.51. The van der Waals surface area contributed by atoms with E-state index < -0.39 is 6.43 Å². The van der Waals surface area contributed by atoms with Crippen molar-refractivity contribution >= 4 is 5.69 Å². The summed E-state index contributed by atoms with van der Waals surface area (Å²) in [7, 11) is 1.49. The van der Waals surface area contributed by atoms with Crippen LogP contribution in [0.3, 0.4) is 0 Å². The molecule has 0 saturated heterocycles. The third-order valence-electron chi connectivity index (χ3n) is 2.88. The predicted octanol–water partition coefficient (Wildman–Crippen LogP) is 3.79. The Kier molecular flexibility index (Phi) is 6.12. The summed E-state index contributed by atoms with van der Waals surface area (Å²) in [4.78, 5) is 7.83. The number of alkyl halides is 2. The highest BCUT2D eigenvalue weighted by molar-refractivity contribution is 5.48. The van der Waals surface area contributed by atoms with Gasteiger partial charge in [-0.3, -0.25) is 0 Å². The molecule has 9 heteroatoms. The Hall–Kier alpha value is -3.10. The van der Waals surface area contributed by atoms with Gasteiger partial charge in [-0.05, 0) is 12.1 Å². The normalized spacial score (nSPS) is 11.2. The van der Waals surface area contributed by atoms with Crippen molar-refractivity contribution in [1.82, 2.24) is 9.97 Å². The van der Waals surface area contributed by atoms with Crippen LogP contribution in [-0.2, 0) is 0 Å². The number of halogens is 2. The van der Waals surface area contributed by atoms with Gasteiger partial charge < -0.3 is 14.8 Å². The molecular weight excluding hydrogens is 320 g/mol. The molecule has 0 radical (unpaired) electrons. The Morgan fingerprint density at radius 1 is 1.38 bits per heavy atom. The van der Waals surface area contributed by atoms with E-state index in [0.29, 0.717) is 11.4 Å². The van der Waals surface area contributed by atoms with Crippen molar-refractivity contribution in [2.45, 2.75) is 6.43 Å². The van der Waals surface area contributed by atoms with Gasteiger partial charge in [0.15, 0.2) is 5.75 Å². The zero-order valence-corrected chi connectivity index (χ0v) is 12.7. The topological polar surface area (TPSA) is 92.5 Å². The highest BCUT2D eigenvalue weighted by atomic mass is 19.3. The van der Waals surface area contributed by atoms with Crippen molar-refractivity contribution in [2.24, 2.45) is 5.11 Å². The molecule has 1 aromatic carbocycles. The number of methoxy groups -OCH3 is 1. The van der Waals surface area contributed by atoms with Crippen LogP contribution in [0.5, 0.6) is 11.8 Å². The van der Waals surface area contributed by atoms with Gasteiger partial charge in [-0.2, -0.15) is 15.1 Å². The zero-order chi connectivity index (χ0) is 17.4. The minimum absolute atomic E-state index is 0.0582. The Labute approximate surface area is 136 Å². The molecular formula is C15H15F2N5O2. The second-order valence-corrected chi connectivity index (χ2v) is 4.51. The molecule has 2 aromatic rings. The first-order valence-electron chi connectivity index (χ1n) is 6.82. The highest BCUT2D eigenvalue weighted by Crippen LogP contribution is 2.21. The van der Waals surface area contributed by atoms with Crippen LogP contribution in [0.4, 0.5) is 14.5 Å². The van der Waals surface area contributed by atoms with E-state index in [9.17, 15) is 8.78 Å². The standard InChI is InChI=1S/C15H15F2N5O2/c1-23-13-7-20-15(21-8-13)24-9-12(22-18)6-19-11-4-2-3-10(5-11)14(16)17/h2-8,14,18-19H,9H2,1H3/b12-6-,22-18?. The van der Waals surface area contributed by atoms with E-state index in [1.807, 2.05) is 0 Å². The Morgan fingerprint density at radius 3 is 2.75 bits per heavy atom. The number of nitrogens with one attached hydrogen (secondary N) is 2. The minimum Gasteiger partial charge on any atom is -0.494 e. The first-order chi connectivity index (χ1) is 11.6. The fourth-order valence-electron chi connectivity index (χ4n) is 1.66. The van der Waals surface area contributed by atoms with Gasteiger partial charge in [0.25, 0.3) is 6.43 Å². The van der Waals surface area contributed by atoms with Gasteiger partial charge in [-0.1, -0.05) is 12.1 Å². The van der Waals surface area contributed by atoms with Crippen LogP contribution >= 0.6 is 0 Å². The summed E-state index contributed by atoms with van der Waals surface area (Å²) < 4.78 is 35.5. The van der Waals surface area contributed by atoms with E-state index in [2.05, 4.69) is 20.4 Å². The molecule has 24 heavy (non-hydrogen) atoms. The molecule has 0 spiro atoms. The maximum Gasteiger partial charge on any atom is 0.316 e. The first-order valence-corrected chi connectivity index (χ1v) is 6.82. The molecule has 2 rings (SSSR count). The molecule has 0 aliphatic rings. The largest absolute Gasteiger partial charge is 0.494 e. The molecule has 1 heterocycles. The zero-order valence-electron chi connectivity index (χ0n) is 12.7. The molecule has 1 aromatic heterocycles. The number of nitrogens with zero attached hydrogens (tertiary/aromatic N) is 3. The van der Waals surface area contributed by atoms with Gasteiger partial charge in [-0.15, -0.1) is 0 Å². The number of anilines is 1. The number of rotatable bonds is 8. The van der Waals surface area contributed by atoms with Crippen LogP contribution in [-0.4, -0.2) is 23.7 Å². The summed E-state index contributed by atoms with van der Waals surface area (Å²) in [5, 5.41) is 6.10. The van der Waals surface area contributed by atoms with Crippen LogP contribution in [0.2, 0.25) is 0 Å². The Bertz CT molecular complexity index is 707. The average Bonchev–Trinajstić information content (AvgIpc) is 2.62. The van der Waals surface area contributed by atoms with E-state index in [4.69, 9.17) is 15.0 Å². The molecule has 0 aliphatic carbocycles. The van der Waals surface area contributed by atoms with Gasteiger partial charge in [0.05, 0.1) is 19.5 Å². The molecule has 0 fully saturated rings. The predicted molar refractivity (Wildman–Crippen MR) is 82.3 cm³/mol. The number of aromatic nitrogens is 2. The molecule has 0 atom stereocenters. The highest BCUT2D eigenvalue weighted by Gasteiger charge is 2.07. The van der Waals surface area contributed by atoms with Crippen LogP contribution in [0, 0.1) is 5.53 Å². The van der Waals surface area contributed by atoms with Crippen molar-refractivity contribution in [3.05, 3.63) is 54.1 Å². The van der Waals surface area contributed by atoms with E-state index in [1.165, 1.54) is 43.9 Å². The van der Waals surface area contributed by atoms with E-state index in [1.54, 1.807) is 6.07 Å². The second kappa shape index (κ2) is 8.51. The SMILES string of the molecule is COc1cnc(OC/C(=C/Nc2cccc(C(F)F)c2)N=N)nc1. The van der Waals surface area contributed by atoms with E-state index in [0.717, 1.165) is 0 Å². The molecule has 0 unspecified atom stereocenters. The summed E-state index contributed by atoms with van der Waals surface area (Å²) in [5.41, 5.74) is 7.71. The van der Waals surface area contributed by atoms with Crippen molar-refractivity contribution < 1.29 is 18.3 Å². The molecule has 0 saturated carbocycles. The van der Waals surface area contributed by atoms with Crippen molar-refractivity contribution in [2.75, 3.05) is 19.0 Å². The lowest BCUT2D eigenvalue weighted by Crippen LogP contribution is -2.04. The van der Waals surface area contributed by atoms with Crippen molar-refractivity contribution in [1.29, 1.82) is 5.53 Å². The maximum atomic E-state index is 12.6. The molecule has 7 nitrogen and oxygen atoms in total. The summed E-state index contributed by atoms with van der Waals surface area (Å²) in [6.07, 6.45) is 1.72. The number of hydrogen-bond acceptors (Lipinski definition) is 7. The Balaban J connectivity index is 1.96. The van der Waals surface area contributed by atoms with Crippen LogP contribution < -0.4 is 14.8 Å². The third-order valence-corrected chi connectivity index (χ3v) is 2.88. The van der Waals surface area contributed by atoms with Gasteiger partial charge in [0.1, 0.15) is 12.3 Å². The Morgan fingerprint density at radius 2 is 2.12 bits per heavy atom. The van der Waals surface area contributed by atoms with Gasteiger partial charge in [0, 0.05) is 17.5 Å². The minimum atomic E-state index is -2.55. The van der Waals surface area contributed by atoms with Crippen LogP contribution in [0.15, 0.2) is 53.7 Å². The van der Waals surface area contributed by atoms with Crippen molar-refractivity contribution in [3.63, 3.8) is 0 Å². The maximum absolute atomic E-state index is 12.6. The summed E-state index contributed by atoms with van der Waals surface area (Å²) in [5.74, 6) is 0.490. The molecule has 2 N–H and O–H groups in total. The number of benzene rings is 1. The summed E-state index contributed by atoms with van der Waals surface area (Å²) >= 11 is 0. The first kappa shape index (κ1) is 17.3. The average molecular weight is 335 g/mol. The number of hydrogen-bond donors (Lipinski definition) is 2. The monoisotopic (exact) mass is 335 g/mol. The van der Waals surface area contributed by atoms with E-state index in [-0.39, 0.29) is 23.9 Å². The third kappa shape index (κ3) is 4.97. The van der Waals surface area contributed by atoms with E-state index >= 15 is 0 Å². The molecule has 0 amide bonds. The lowest BCUT2D eigenvalue weighted by atomic mass is 10.2. The number of ether oxygens (including phenoxy) is 2. The van der Waals surface area contributed by atoms with Gasteiger partial charge >= 0.3 is 6.01 Å². The van der Waals surface area contributed by atoms with Crippen LogP contribution in [0.1, 0.15) is 12.0 Å². The van der Waals surface area contributed by atoms with Gasteiger partial charge in [0.2, 0.25) is 0 Å². The van der Waals surface area contributed by atoms with Crippen molar-refractivity contribution in [3.8, 4) is 11.8 Å². The lowest BCUT2D eigenvalue weighted by molar-refractivity contribution is 0.151. The fraction of sp³-hybridized carbons (Fsp3) is 0.200. The quantitative estimate of drug-likeness (QED) is 0.716. The molecule has 0 aliphatic heterocycles. The molecule has 0 bridgehead atoms. The van der Waals surface area contributed by atoms with Gasteiger partial charge in [-0.25, -0.2) is 14.3 Å². The lowest BCUT2D eigenvalue weighted by Gasteiger charge is -2.07. The fourth-order valence-corrected chi connectivity index (χ4v) is 1.66. The summed E-state index contributed by atoms with van der Waals surface area (Å²) in [6, 6.07) is 5.88. The summed E-state index contributed by atoms with van der Waals surface area (Å²) in [6.45, 7) is -0.0582. The van der Waals surface area contributed by atoms with Crippen LogP contribution in [0.25, 0.3) is 0 Å². The smallest absolute Gasteiger partial charge is 0.316 e.